The van der Waals surface area contributed by atoms with Crippen molar-refractivity contribution in [3.63, 3.8) is 0 Å². The molecule has 5 rings (SSSR count). The maximum absolute atomic E-state index is 15.0. The molecular weight excluding hydrogens is 377 g/mol. The zero-order valence-electron chi connectivity index (χ0n) is 18.6. The second-order valence-electron chi connectivity index (χ2n) is 11.2. The van der Waals surface area contributed by atoms with Gasteiger partial charge in [0.15, 0.2) is 0 Å². The predicted molar refractivity (Wildman–Crippen MR) is 116 cm³/mol. The van der Waals surface area contributed by atoms with Crippen molar-refractivity contribution < 1.29 is 13.9 Å². The van der Waals surface area contributed by atoms with E-state index in [9.17, 15) is 9.18 Å². The van der Waals surface area contributed by atoms with E-state index in [1.54, 1.807) is 4.90 Å². The lowest BCUT2D eigenvalue weighted by Crippen LogP contribution is -2.39. The van der Waals surface area contributed by atoms with Crippen molar-refractivity contribution in [2.24, 2.45) is 23.2 Å². The molecule has 4 aliphatic rings. The van der Waals surface area contributed by atoms with Crippen molar-refractivity contribution in [1.29, 1.82) is 0 Å². The first-order valence-corrected chi connectivity index (χ1v) is 12.2. The molecule has 4 heteroatoms. The smallest absolute Gasteiger partial charge is 0.256 e. The van der Waals surface area contributed by atoms with E-state index in [0.717, 1.165) is 62.1 Å². The largest absolute Gasteiger partial charge is 0.493 e. The van der Waals surface area contributed by atoms with Gasteiger partial charge in [-0.3, -0.25) is 4.79 Å². The fourth-order valence-electron chi connectivity index (χ4n) is 6.74. The van der Waals surface area contributed by atoms with Crippen LogP contribution in [0, 0.1) is 29.0 Å². The number of carbonyl (C=O) groups is 1. The van der Waals surface area contributed by atoms with Gasteiger partial charge in [0.25, 0.3) is 5.91 Å². The summed E-state index contributed by atoms with van der Waals surface area (Å²) >= 11 is 0. The van der Waals surface area contributed by atoms with Crippen LogP contribution >= 0.6 is 0 Å². The molecule has 0 N–H and O–H groups in total. The molecule has 3 nitrogen and oxygen atoms in total. The zero-order chi connectivity index (χ0) is 20.9. The fourth-order valence-corrected chi connectivity index (χ4v) is 6.74. The summed E-state index contributed by atoms with van der Waals surface area (Å²) in [5.41, 5.74) is 1.46. The molecule has 1 heterocycles. The van der Waals surface area contributed by atoms with Crippen LogP contribution in [0.1, 0.15) is 93.5 Å². The lowest BCUT2D eigenvalue weighted by molar-refractivity contribution is 0.0143. The molecule has 1 aromatic rings. The Morgan fingerprint density at radius 3 is 2.43 bits per heavy atom. The standard InChI is InChI=1S/C26H36FNO2/c1-17-9-18-11-19(10-17)15-26(2,14-18)16-30-24-13-23(27)22(12-21(24)20-5-6-20)25(29)28-7-3-4-8-28/h12-13,17-20H,3-11,14-16H2,1-2H3. The third kappa shape index (κ3) is 4.11. The third-order valence-corrected chi connectivity index (χ3v) is 8.02. The molecule has 30 heavy (non-hydrogen) atoms. The molecule has 0 radical (unpaired) electrons. The number of halogens is 1. The van der Waals surface area contributed by atoms with Crippen LogP contribution in [0.5, 0.6) is 5.75 Å². The molecule has 2 atom stereocenters. The SMILES string of the molecule is CC1CC2CC(C1)CC(C)(COc1cc(F)c(C(=O)N3CCCC3)cc1C1CC1)C2. The van der Waals surface area contributed by atoms with E-state index in [0.29, 0.717) is 18.3 Å². The minimum Gasteiger partial charge on any atom is -0.493 e. The van der Waals surface area contributed by atoms with Crippen molar-refractivity contribution in [3.05, 3.63) is 29.1 Å². The van der Waals surface area contributed by atoms with Gasteiger partial charge >= 0.3 is 0 Å². The van der Waals surface area contributed by atoms with Crippen LogP contribution in [0.15, 0.2) is 12.1 Å². The predicted octanol–water partition coefficient (Wildman–Crippen LogP) is 6.17. The van der Waals surface area contributed by atoms with Gasteiger partial charge in [0.1, 0.15) is 11.6 Å². The summed E-state index contributed by atoms with van der Waals surface area (Å²) in [6.45, 7) is 6.91. The Labute approximate surface area is 180 Å². The van der Waals surface area contributed by atoms with Gasteiger partial charge in [-0.15, -0.1) is 0 Å². The zero-order valence-corrected chi connectivity index (χ0v) is 18.6. The maximum Gasteiger partial charge on any atom is 0.256 e. The minimum atomic E-state index is -0.425. The van der Waals surface area contributed by atoms with Gasteiger partial charge in [-0.2, -0.15) is 0 Å². The minimum absolute atomic E-state index is 0.153. The van der Waals surface area contributed by atoms with E-state index >= 15 is 0 Å². The second kappa shape index (κ2) is 7.84. The Hall–Kier alpha value is -1.58. The number of hydrogen-bond acceptors (Lipinski definition) is 2. The summed E-state index contributed by atoms with van der Waals surface area (Å²) in [6.07, 6.45) is 10.8. The molecule has 2 unspecified atom stereocenters. The maximum atomic E-state index is 15.0. The van der Waals surface area contributed by atoms with E-state index in [2.05, 4.69) is 13.8 Å². The third-order valence-electron chi connectivity index (χ3n) is 8.02. The van der Waals surface area contributed by atoms with E-state index in [-0.39, 0.29) is 16.9 Å². The Morgan fingerprint density at radius 2 is 1.80 bits per heavy atom. The number of hydrogen-bond donors (Lipinski definition) is 0. The highest BCUT2D eigenvalue weighted by molar-refractivity contribution is 5.95. The summed E-state index contributed by atoms with van der Waals surface area (Å²) in [5, 5.41) is 0. The van der Waals surface area contributed by atoms with Crippen LogP contribution in [0.2, 0.25) is 0 Å². The molecule has 1 saturated heterocycles. The average molecular weight is 414 g/mol. The highest BCUT2D eigenvalue weighted by Crippen LogP contribution is 2.51. The lowest BCUT2D eigenvalue weighted by Gasteiger charge is -2.47. The number of amides is 1. The fraction of sp³-hybridized carbons (Fsp3) is 0.731. The summed E-state index contributed by atoms with van der Waals surface area (Å²) in [6, 6.07) is 3.31. The quantitative estimate of drug-likeness (QED) is 0.578. The van der Waals surface area contributed by atoms with Crippen LogP contribution < -0.4 is 4.74 Å². The van der Waals surface area contributed by atoms with Gasteiger partial charge in [0.2, 0.25) is 0 Å². The molecule has 3 saturated carbocycles. The van der Waals surface area contributed by atoms with Crippen molar-refractivity contribution >= 4 is 5.91 Å². The van der Waals surface area contributed by atoms with Gasteiger partial charge in [0.05, 0.1) is 12.2 Å². The molecule has 164 valence electrons. The number of rotatable bonds is 5. The number of ether oxygens (including phenoxy) is 1. The molecule has 1 aliphatic heterocycles. The number of benzene rings is 1. The molecule has 0 aromatic heterocycles. The number of likely N-dealkylation sites (tertiary alicyclic amines) is 1. The van der Waals surface area contributed by atoms with Gasteiger partial charge < -0.3 is 9.64 Å². The summed E-state index contributed by atoms with van der Waals surface area (Å²) in [4.78, 5) is 14.6. The molecule has 0 spiro atoms. The van der Waals surface area contributed by atoms with Crippen LogP contribution in [0.3, 0.4) is 0 Å². The van der Waals surface area contributed by atoms with Crippen molar-refractivity contribution in [1.82, 2.24) is 4.90 Å². The number of carbonyl (C=O) groups excluding carboxylic acids is 1. The van der Waals surface area contributed by atoms with Gasteiger partial charge in [0, 0.05) is 24.6 Å². The Balaban J connectivity index is 1.33. The Morgan fingerprint density at radius 1 is 1.13 bits per heavy atom. The normalized spacial score (nSPS) is 33.6. The monoisotopic (exact) mass is 413 g/mol. The number of nitrogens with zero attached hydrogens (tertiary/aromatic N) is 1. The van der Waals surface area contributed by atoms with E-state index in [4.69, 9.17) is 4.74 Å². The van der Waals surface area contributed by atoms with E-state index < -0.39 is 5.82 Å². The average Bonchev–Trinajstić information content (AvgIpc) is 3.38. The van der Waals surface area contributed by atoms with Crippen LogP contribution in [-0.2, 0) is 0 Å². The van der Waals surface area contributed by atoms with Gasteiger partial charge in [-0.25, -0.2) is 4.39 Å². The second-order valence-corrected chi connectivity index (χ2v) is 11.2. The van der Waals surface area contributed by atoms with Crippen molar-refractivity contribution in [2.75, 3.05) is 19.7 Å². The van der Waals surface area contributed by atoms with E-state index in [1.807, 2.05) is 6.07 Å². The highest BCUT2D eigenvalue weighted by Gasteiger charge is 2.41. The molecule has 4 fully saturated rings. The summed E-state index contributed by atoms with van der Waals surface area (Å²) < 4.78 is 21.3. The first-order chi connectivity index (χ1) is 14.4. The first kappa shape index (κ1) is 20.3. The topological polar surface area (TPSA) is 29.5 Å². The Kier molecular flexibility index (Phi) is 5.31. The highest BCUT2D eigenvalue weighted by atomic mass is 19.1. The van der Waals surface area contributed by atoms with E-state index in [1.165, 1.54) is 38.2 Å². The van der Waals surface area contributed by atoms with Crippen molar-refractivity contribution in [3.8, 4) is 5.75 Å². The van der Waals surface area contributed by atoms with Crippen molar-refractivity contribution in [2.45, 2.75) is 77.6 Å². The molecule has 1 amide bonds. The molecule has 2 bridgehead atoms. The molecule has 1 aromatic carbocycles. The Bertz CT molecular complexity index is 793. The van der Waals surface area contributed by atoms with Crippen LogP contribution in [0.4, 0.5) is 4.39 Å². The first-order valence-electron chi connectivity index (χ1n) is 12.2. The molecule has 3 aliphatic carbocycles. The van der Waals surface area contributed by atoms with Gasteiger partial charge in [-0.05, 0) is 93.1 Å². The summed E-state index contributed by atoms with van der Waals surface area (Å²) in [7, 11) is 0. The summed E-state index contributed by atoms with van der Waals surface area (Å²) in [5.74, 6) is 3.02. The van der Waals surface area contributed by atoms with Gasteiger partial charge in [-0.1, -0.05) is 13.8 Å². The molecular formula is C26H36FNO2. The van der Waals surface area contributed by atoms with Crippen LogP contribution in [-0.4, -0.2) is 30.5 Å². The number of fused-ring (bicyclic) bond motifs is 2. The lowest BCUT2D eigenvalue weighted by atomic mass is 9.60. The van der Waals surface area contributed by atoms with Crippen LogP contribution in [0.25, 0.3) is 0 Å².